The highest BCUT2D eigenvalue weighted by Gasteiger charge is 2.09. The lowest BCUT2D eigenvalue weighted by Crippen LogP contribution is -2.41. The molecule has 7 heteroatoms. The van der Waals surface area contributed by atoms with E-state index in [4.69, 9.17) is 10.00 Å². The molecule has 0 heterocycles. The van der Waals surface area contributed by atoms with Crippen LogP contribution in [0.1, 0.15) is 18.1 Å². The monoisotopic (exact) mass is 358 g/mol. The van der Waals surface area contributed by atoms with Crippen LogP contribution >= 0.6 is 0 Å². The van der Waals surface area contributed by atoms with Crippen molar-refractivity contribution in [2.45, 2.75) is 19.6 Å². The Morgan fingerprint density at radius 1 is 1.19 bits per heavy atom. The Morgan fingerprint density at radius 3 is 2.62 bits per heavy atom. The minimum Gasteiger partial charge on any atom is -0.486 e. The van der Waals surface area contributed by atoms with Crippen LogP contribution in [-0.4, -0.2) is 25.7 Å². The molecule has 0 fully saturated rings. The fraction of sp³-hybridized carbons (Fsp3) is 0.263. The number of ether oxygens (including phenoxy) is 1. The number of guanidine groups is 1. The summed E-state index contributed by atoms with van der Waals surface area (Å²) in [5.41, 5.74) is 0.690. The van der Waals surface area contributed by atoms with Crippen molar-refractivity contribution < 1.29 is 13.5 Å². The maximum atomic E-state index is 13.9. The third-order valence-corrected chi connectivity index (χ3v) is 3.57. The average Bonchev–Trinajstić information content (AvgIpc) is 2.64. The average molecular weight is 358 g/mol. The van der Waals surface area contributed by atoms with E-state index in [1.165, 1.54) is 12.1 Å². The quantitative estimate of drug-likeness (QED) is 0.615. The molecule has 0 saturated heterocycles. The molecule has 5 nitrogen and oxygen atoms in total. The smallest absolute Gasteiger partial charge is 0.191 e. The Kier molecular flexibility index (Phi) is 6.92. The van der Waals surface area contributed by atoms with Gasteiger partial charge in [-0.1, -0.05) is 18.2 Å². The molecule has 1 unspecified atom stereocenters. The van der Waals surface area contributed by atoms with Crippen molar-refractivity contribution in [1.29, 1.82) is 5.26 Å². The summed E-state index contributed by atoms with van der Waals surface area (Å²) < 4.78 is 33.0. The Morgan fingerprint density at radius 2 is 1.96 bits per heavy atom. The highest BCUT2D eigenvalue weighted by molar-refractivity contribution is 5.79. The van der Waals surface area contributed by atoms with Gasteiger partial charge in [0.1, 0.15) is 11.9 Å². The van der Waals surface area contributed by atoms with Crippen molar-refractivity contribution in [2.24, 2.45) is 4.99 Å². The van der Waals surface area contributed by atoms with Gasteiger partial charge in [0.05, 0.1) is 18.2 Å². The molecule has 0 aliphatic carbocycles. The van der Waals surface area contributed by atoms with Crippen LogP contribution in [0.2, 0.25) is 0 Å². The van der Waals surface area contributed by atoms with Crippen molar-refractivity contribution in [3.8, 4) is 11.8 Å². The van der Waals surface area contributed by atoms with Gasteiger partial charge in [0.25, 0.3) is 0 Å². The molecule has 2 N–H and O–H groups in total. The third kappa shape index (κ3) is 5.45. The molecule has 26 heavy (non-hydrogen) atoms. The van der Waals surface area contributed by atoms with E-state index in [0.29, 0.717) is 18.1 Å². The number of halogens is 2. The van der Waals surface area contributed by atoms with Gasteiger partial charge in [-0.05, 0) is 31.2 Å². The zero-order valence-corrected chi connectivity index (χ0v) is 14.6. The van der Waals surface area contributed by atoms with Crippen LogP contribution in [0.25, 0.3) is 0 Å². The largest absolute Gasteiger partial charge is 0.486 e. The Bertz CT molecular complexity index is 817. The number of nitrogens with one attached hydrogen (secondary N) is 2. The molecule has 0 aromatic heterocycles. The molecule has 0 saturated carbocycles. The van der Waals surface area contributed by atoms with Crippen molar-refractivity contribution in [3.05, 3.63) is 65.2 Å². The minimum absolute atomic E-state index is 0.185. The van der Waals surface area contributed by atoms with Crippen LogP contribution in [0.5, 0.6) is 5.75 Å². The topological polar surface area (TPSA) is 69.4 Å². The first kappa shape index (κ1) is 19.2. The number of benzene rings is 2. The predicted molar refractivity (Wildman–Crippen MR) is 95.8 cm³/mol. The fourth-order valence-electron chi connectivity index (χ4n) is 2.20. The summed E-state index contributed by atoms with van der Waals surface area (Å²) in [7, 11) is 1.59. The molecule has 0 spiro atoms. The zero-order chi connectivity index (χ0) is 18.9. The summed E-state index contributed by atoms with van der Waals surface area (Å²) in [6.45, 7) is 2.39. The van der Waals surface area contributed by atoms with Crippen LogP contribution in [-0.2, 0) is 6.54 Å². The van der Waals surface area contributed by atoms with Crippen molar-refractivity contribution in [2.75, 3.05) is 13.6 Å². The van der Waals surface area contributed by atoms with Gasteiger partial charge in [0.2, 0.25) is 0 Å². The van der Waals surface area contributed by atoms with Gasteiger partial charge in [-0.2, -0.15) is 5.26 Å². The van der Waals surface area contributed by atoms with E-state index in [-0.39, 0.29) is 24.0 Å². The van der Waals surface area contributed by atoms with Crippen molar-refractivity contribution >= 4 is 5.96 Å². The highest BCUT2D eigenvalue weighted by atomic mass is 19.1. The molecule has 0 aliphatic heterocycles. The SMILES string of the molecule is CN=C(NCc1ccc(C#N)cc1F)NCC(C)Oc1ccccc1F. The second-order valence-electron chi connectivity index (χ2n) is 5.58. The number of nitriles is 1. The van der Waals surface area contributed by atoms with Crippen LogP contribution in [0.4, 0.5) is 8.78 Å². The summed E-state index contributed by atoms with van der Waals surface area (Å²) in [6.07, 6.45) is -0.308. The maximum absolute atomic E-state index is 13.9. The second kappa shape index (κ2) is 9.37. The first-order valence-corrected chi connectivity index (χ1v) is 8.07. The van der Waals surface area contributed by atoms with Crippen LogP contribution in [0.3, 0.4) is 0 Å². The Labute approximate surface area is 151 Å². The van der Waals surface area contributed by atoms with E-state index in [9.17, 15) is 8.78 Å². The molecule has 2 aromatic rings. The molecular formula is C19H20F2N4O. The van der Waals surface area contributed by atoms with E-state index in [1.54, 1.807) is 44.3 Å². The van der Waals surface area contributed by atoms with E-state index in [1.807, 2.05) is 6.07 Å². The van der Waals surface area contributed by atoms with Gasteiger partial charge >= 0.3 is 0 Å². The van der Waals surface area contributed by atoms with E-state index in [2.05, 4.69) is 15.6 Å². The van der Waals surface area contributed by atoms with Crippen molar-refractivity contribution in [1.82, 2.24) is 10.6 Å². The van der Waals surface area contributed by atoms with Crippen molar-refractivity contribution in [3.63, 3.8) is 0 Å². The van der Waals surface area contributed by atoms with E-state index in [0.717, 1.165) is 0 Å². The van der Waals surface area contributed by atoms with Crippen LogP contribution < -0.4 is 15.4 Å². The third-order valence-electron chi connectivity index (χ3n) is 3.57. The molecule has 136 valence electrons. The number of rotatable bonds is 6. The predicted octanol–water partition coefficient (Wildman–Crippen LogP) is 2.97. The van der Waals surface area contributed by atoms with Gasteiger partial charge in [-0.25, -0.2) is 8.78 Å². The number of nitrogens with zero attached hydrogens (tertiary/aromatic N) is 2. The Balaban J connectivity index is 1.84. The summed E-state index contributed by atoms with van der Waals surface area (Å²) in [5, 5.41) is 14.8. The molecule has 2 aromatic carbocycles. The Hall–Kier alpha value is -3.14. The molecule has 0 aliphatic rings. The molecule has 0 radical (unpaired) electrons. The molecule has 2 rings (SSSR count). The highest BCUT2D eigenvalue weighted by Crippen LogP contribution is 2.16. The summed E-state index contributed by atoms with van der Waals surface area (Å²) in [6, 6.07) is 12.4. The van der Waals surface area contributed by atoms with Gasteiger partial charge in [-0.15, -0.1) is 0 Å². The number of aliphatic imine (C=N–C) groups is 1. The molecule has 0 amide bonds. The lowest BCUT2D eigenvalue weighted by Gasteiger charge is -2.18. The first-order valence-electron chi connectivity index (χ1n) is 8.07. The molecule has 0 bridgehead atoms. The van der Waals surface area contributed by atoms with Crippen LogP contribution in [0, 0.1) is 23.0 Å². The summed E-state index contributed by atoms with van der Waals surface area (Å²) in [4.78, 5) is 4.05. The standard InChI is InChI=1S/C19H20F2N4O/c1-13(26-18-6-4-3-5-16(18)20)11-24-19(23-2)25-12-15-8-7-14(10-22)9-17(15)21/h3-9,13H,11-12H2,1-2H3,(H2,23,24,25). The van der Waals surface area contributed by atoms with Gasteiger partial charge < -0.3 is 15.4 Å². The second-order valence-corrected chi connectivity index (χ2v) is 5.58. The zero-order valence-electron chi connectivity index (χ0n) is 14.6. The number of hydrogen-bond donors (Lipinski definition) is 2. The van der Waals surface area contributed by atoms with Gasteiger partial charge in [-0.3, -0.25) is 4.99 Å². The number of hydrogen-bond acceptors (Lipinski definition) is 3. The summed E-state index contributed by atoms with van der Waals surface area (Å²) >= 11 is 0. The first-order chi connectivity index (χ1) is 12.5. The number of para-hydroxylation sites is 1. The van der Waals surface area contributed by atoms with E-state index < -0.39 is 11.6 Å². The van der Waals surface area contributed by atoms with Gasteiger partial charge in [0, 0.05) is 19.2 Å². The molecular weight excluding hydrogens is 338 g/mol. The van der Waals surface area contributed by atoms with E-state index >= 15 is 0 Å². The normalized spacial score (nSPS) is 12.2. The lowest BCUT2D eigenvalue weighted by atomic mass is 10.1. The maximum Gasteiger partial charge on any atom is 0.191 e. The minimum atomic E-state index is -0.455. The lowest BCUT2D eigenvalue weighted by molar-refractivity contribution is 0.214. The van der Waals surface area contributed by atoms with Crippen LogP contribution in [0.15, 0.2) is 47.5 Å². The fourth-order valence-corrected chi connectivity index (χ4v) is 2.20. The molecule has 1 atom stereocenters. The summed E-state index contributed by atoms with van der Waals surface area (Å²) in [5.74, 6) is -0.233. The van der Waals surface area contributed by atoms with Gasteiger partial charge in [0.15, 0.2) is 17.5 Å².